The zero-order chi connectivity index (χ0) is 12.5. The maximum atomic E-state index is 6.14. The Labute approximate surface area is 103 Å². The molecule has 0 spiro atoms. The van der Waals surface area contributed by atoms with Crippen molar-refractivity contribution < 1.29 is 0 Å². The summed E-state index contributed by atoms with van der Waals surface area (Å²) >= 11 is 6.14. The second kappa shape index (κ2) is 4.58. The molecule has 0 N–H and O–H groups in total. The van der Waals surface area contributed by atoms with E-state index >= 15 is 0 Å². The Morgan fingerprint density at radius 3 is 2.19 bits per heavy atom. The van der Waals surface area contributed by atoms with Crippen molar-refractivity contribution in [2.24, 2.45) is 0 Å². The van der Waals surface area contributed by atoms with Crippen molar-refractivity contribution in [1.29, 1.82) is 0 Å². The lowest BCUT2D eigenvalue weighted by Gasteiger charge is -2.36. The SMILES string of the molecule is CCC(C)(C)N(C)c1nc(C)c(C)nc1Cl. The number of aromatic nitrogens is 2. The number of nitrogens with zero attached hydrogens (tertiary/aromatic N) is 3. The van der Waals surface area contributed by atoms with Gasteiger partial charge >= 0.3 is 0 Å². The molecule has 3 nitrogen and oxygen atoms in total. The summed E-state index contributed by atoms with van der Waals surface area (Å²) in [6.07, 6.45) is 1.02. The van der Waals surface area contributed by atoms with Crippen molar-refractivity contribution in [3.05, 3.63) is 16.5 Å². The van der Waals surface area contributed by atoms with Crippen LogP contribution in [0.25, 0.3) is 0 Å². The monoisotopic (exact) mass is 241 g/mol. The fraction of sp³-hybridized carbons (Fsp3) is 0.667. The average Bonchev–Trinajstić information content (AvgIpc) is 2.22. The van der Waals surface area contributed by atoms with Crippen LogP contribution in [0.2, 0.25) is 5.15 Å². The molecule has 0 aliphatic carbocycles. The third-order valence-electron chi connectivity index (χ3n) is 3.34. The standard InChI is InChI=1S/C12H20ClN3/c1-7-12(4,5)16(6)11-10(13)14-8(2)9(3)15-11/h7H2,1-6H3. The average molecular weight is 242 g/mol. The number of halogens is 1. The van der Waals surface area contributed by atoms with Crippen molar-refractivity contribution in [3.8, 4) is 0 Å². The molecule has 0 fully saturated rings. The highest BCUT2D eigenvalue weighted by molar-refractivity contribution is 6.31. The summed E-state index contributed by atoms with van der Waals surface area (Å²) in [6, 6.07) is 0. The number of rotatable bonds is 3. The van der Waals surface area contributed by atoms with Gasteiger partial charge in [0.1, 0.15) is 0 Å². The Morgan fingerprint density at radius 1 is 1.19 bits per heavy atom. The van der Waals surface area contributed by atoms with Gasteiger partial charge < -0.3 is 4.90 Å². The third kappa shape index (κ3) is 2.46. The Morgan fingerprint density at radius 2 is 1.69 bits per heavy atom. The van der Waals surface area contributed by atoms with E-state index < -0.39 is 0 Å². The predicted molar refractivity (Wildman–Crippen MR) is 69.3 cm³/mol. The van der Waals surface area contributed by atoms with Crippen LogP contribution in [0.1, 0.15) is 38.6 Å². The minimum Gasteiger partial charge on any atom is -0.352 e. The molecule has 1 heterocycles. The van der Waals surface area contributed by atoms with Crippen LogP contribution in [-0.4, -0.2) is 22.6 Å². The fourth-order valence-electron chi connectivity index (χ4n) is 1.30. The number of anilines is 1. The zero-order valence-corrected chi connectivity index (χ0v) is 11.7. The van der Waals surface area contributed by atoms with E-state index in [1.165, 1.54) is 0 Å². The predicted octanol–water partition coefficient (Wildman–Crippen LogP) is 3.37. The minimum absolute atomic E-state index is 0.0278. The van der Waals surface area contributed by atoms with Gasteiger partial charge in [-0.3, -0.25) is 0 Å². The van der Waals surface area contributed by atoms with Crippen LogP contribution >= 0.6 is 11.6 Å². The number of hydrogen-bond acceptors (Lipinski definition) is 3. The quantitative estimate of drug-likeness (QED) is 0.813. The summed E-state index contributed by atoms with van der Waals surface area (Å²) in [4.78, 5) is 10.9. The van der Waals surface area contributed by atoms with Gasteiger partial charge in [-0.25, -0.2) is 9.97 Å². The van der Waals surface area contributed by atoms with Gasteiger partial charge in [-0.05, 0) is 34.1 Å². The molecule has 0 aliphatic heterocycles. The largest absolute Gasteiger partial charge is 0.352 e. The molecule has 90 valence electrons. The molecule has 0 radical (unpaired) electrons. The molecule has 16 heavy (non-hydrogen) atoms. The van der Waals surface area contributed by atoms with Crippen LogP contribution in [0, 0.1) is 13.8 Å². The number of aryl methyl sites for hydroxylation is 2. The van der Waals surface area contributed by atoms with Crippen molar-refractivity contribution in [2.75, 3.05) is 11.9 Å². The first kappa shape index (κ1) is 13.2. The summed E-state index contributed by atoms with van der Waals surface area (Å²) in [6.45, 7) is 10.4. The van der Waals surface area contributed by atoms with E-state index in [1.54, 1.807) is 0 Å². The molecule has 0 aromatic carbocycles. The van der Waals surface area contributed by atoms with E-state index in [0.29, 0.717) is 5.15 Å². The lowest BCUT2D eigenvalue weighted by atomic mass is 10.0. The maximum absolute atomic E-state index is 6.14. The molecular weight excluding hydrogens is 222 g/mol. The van der Waals surface area contributed by atoms with Gasteiger partial charge in [-0.15, -0.1) is 0 Å². The van der Waals surface area contributed by atoms with E-state index in [-0.39, 0.29) is 5.54 Å². The summed E-state index contributed by atoms with van der Waals surface area (Å²) in [5, 5.41) is 0.479. The molecule has 0 aliphatic rings. The highest BCUT2D eigenvalue weighted by atomic mass is 35.5. The highest BCUT2D eigenvalue weighted by Crippen LogP contribution is 2.28. The van der Waals surface area contributed by atoms with E-state index in [1.807, 2.05) is 20.9 Å². The lowest BCUT2D eigenvalue weighted by molar-refractivity contribution is 0.466. The van der Waals surface area contributed by atoms with Gasteiger partial charge in [0.15, 0.2) is 11.0 Å². The molecule has 1 aromatic rings. The zero-order valence-electron chi connectivity index (χ0n) is 10.9. The molecule has 1 rings (SSSR count). The third-order valence-corrected chi connectivity index (χ3v) is 3.59. The van der Waals surface area contributed by atoms with E-state index in [4.69, 9.17) is 11.6 Å². The van der Waals surface area contributed by atoms with Gasteiger partial charge in [0.25, 0.3) is 0 Å². The molecular formula is C12H20ClN3. The Kier molecular flexibility index (Phi) is 3.79. The van der Waals surface area contributed by atoms with Crippen molar-refractivity contribution >= 4 is 17.4 Å². The topological polar surface area (TPSA) is 29.0 Å². The molecule has 0 unspecified atom stereocenters. The summed E-state index contributed by atoms with van der Waals surface area (Å²) in [5.74, 6) is 0.761. The van der Waals surface area contributed by atoms with Crippen molar-refractivity contribution in [2.45, 2.75) is 46.6 Å². The second-order valence-corrected chi connectivity index (χ2v) is 5.09. The highest BCUT2D eigenvalue weighted by Gasteiger charge is 2.25. The molecule has 0 atom stereocenters. The van der Waals surface area contributed by atoms with Gasteiger partial charge in [0.2, 0.25) is 0 Å². The molecule has 4 heteroatoms. The maximum Gasteiger partial charge on any atom is 0.171 e. The summed E-state index contributed by atoms with van der Waals surface area (Å²) in [5.41, 5.74) is 1.84. The summed E-state index contributed by atoms with van der Waals surface area (Å²) < 4.78 is 0. The van der Waals surface area contributed by atoms with Crippen molar-refractivity contribution in [3.63, 3.8) is 0 Å². The lowest BCUT2D eigenvalue weighted by Crippen LogP contribution is -2.41. The Hall–Kier alpha value is -0.830. The first-order valence-electron chi connectivity index (χ1n) is 5.54. The van der Waals surface area contributed by atoms with Crippen LogP contribution in [0.4, 0.5) is 5.82 Å². The molecule has 0 bridgehead atoms. The molecule has 0 saturated carbocycles. The Balaban J connectivity index is 3.19. The molecule has 0 amide bonds. The van der Waals surface area contributed by atoms with Crippen molar-refractivity contribution in [1.82, 2.24) is 9.97 Å². The minimum atomic E-state index is 0.0278. The van der Waals surface area contributed by atoms with Gasteiger partial charge in [-0.2, -0.15) is 0 Å². The molecule has 0 saturated heterocycles. The van der Waals surface area contributed by atoms with Gasteiger partial charge in [0, 0.05) is 12.6 Å². The first-order valence-corrected chi connectivity index (χ1v) is 5.92. The fourth-order valence-corrected chi connectivity index (χ4v) is 1.60. The van der Waals surface area contributed by atoms with E-state index in [2.05, 4.69) is 35.6 Å². The van der Waals surface area contributed by atoms with E-state index in [9.17, 15) is 0 Å². The van der Waals surface area contributed by atoms with E-state index in [0.717, 1.165) is 23.6 Å². The van der Waals surface area contributed by atoms with Gasteiger partial charge in [0.05, 0.1) is 11.4 Å². The molecule has 1 aromatic heterocycles. The smallest absolute Gasteiger partial charge is 0.171 e. The van der Waals surface area contributed by atoms with Crippen LogP contribution in [-0.2, 0) is 0 Å². The van der Waals surface area contributed by atoms with Crippen LogP contribution in [0.5, 0.6) is 0 Å². The summed E-state index contributed by atoms with van der Waals surface area (Å²) in [7, 11) is 2.01. The second-order valence-electron chi connectivity index (χ2n) is 4.73. The Bertz CT molecular complexity index is 388. The van der Waals surface area contributed by atoms with Crippen LogP contribution in [0.3, 0.4) is 0 Å². The van der Waals surface area contributed by atoms with Crippen LogP contribution < -0.4 is 4.90 Å². The first-order chi connectivity index (χ1) is 7.29. The van der Waals surface area contributed by atoms with Gasteiger partial charge in [-0.1, -0.05) is 18.5 Å². The normalized spacial score (nSPS) is 11.7. The van der Waals surface area contributed by atoms with Crippen LogP contribution in [0.15, 0.2) is 0 Å². The number of hydrogen-bond donors (Lipinski definition) is 0.